The van der Waals surface area contributed by atoms with Gasteiger partial charge in [0.25, 0.3) is 0 Å². The highest BCUT2D eigenvalue weighted by atomic mass is 32.1. The first-order valence-electron chi connectivity index (χ1n) is 3.25. The van der Waals surface area contributed by atoms with Crippen LogP contribution in [0.15, 0.2) is 11.6 Å². The van der Waals surface area contributed by atoms with Crippen molar-refractivity contribution in [1.82, 2.24) is 4.98 Å². The van der Waals surface area contributed by atoms with E-state index in [1.165, 1.54) is 11.6 Å². The van der Waals surface area contributed by atoms with Gasteiger partial charge in [-0.3, -0.25) is 4.79 Å². The summed E-state index contributed by atoms with van der Waals surface area (Å²) in [6.07, 6.45) is 2.43. The van der Waals surface area contributed by atoms with E-state index in [9.17, 15) is 9.59 Å². The Bertz CT molecular complexity index is 370. The zero-order valence-corrected chi connectivity index (χ0v) is 7.25. The molecule has 0 radical (unpaired) electrons. The smallest absolute Gasteiger partial charge is 0.356 e. The highest BCUT2D eigenvalue weighted by molar-refractivity contribution is 7.10. The van der Waals surface area contributed by atoms with Crippen LogP contribution >= 0.6 is 11.3 Å². The SMILES string of the molecule is NC(=O)C=Cc1scnc1C(=O)O. The third-order valence-electron chi connectivity index (χ3n) is 1.20. The van der Waals surface area contributed by atoms with Crippen LogP contribution in [0.4, 0.5) is 0 Å². The Balaban J connectivity index is 2.95. The molecule has 0 saturated heterocycles. The van der Waals surface area contributed by atoms with Crippen LogP contribution < -0.4 is 5.73 Å². The number of rotatable bonds is 3. The Hall–Kier alpha value is -1.69. The van der Waals surface area contributed by atoms with Crippen LogP contribution in [0, 0.1) is 0 Å². The van der Waals surface area contributed by atoms with Crippen molar-refractivity contribution in [2.24, 2.45) is 5.73 Å². The van der Waals surface area contributed by atoms with Crippen LogP contribution in [-0.2, 0) is 4.79 Å². The zero-order chi connectivity index (χ0) is 9.84. The highest BCUT2D eigenvalue weighted by Crippen LogP contribution is 2.14. The molecule has 68 valence electrons. The molecule has 13 heavy (non-hydrogen) atoms. The number of aromatic carboxylic acids is 1. The maximum absolute atomic E-state index is 10.5. The van der Waals surface area contributed by atoms with Crippen LogP contribution in [0.25, 0.3) is 6.08 Å². The van der Waals surface area contributed by atoms with Gasteiger partial charge in [0, 0.05) is 6.08 Å². The molecule has 6 heteroatoms. The number of hydrogen-bond donors (Lipinski definition) is 2. The molecular formula is C7H6N2O3S. The van der Waals surface area contributed by atoms with Gasteiger partial charge in [-0.1, -0.05) is 0 Å². The summed E-state index contributed by atoms with van der Waals surface area (Å²) in [6, 6.07) is 0. The third-order valence-corrected chi connectivity index (χ3v) is 1.99. The second-order valence-electron chi connectivity index (χ2n) is 2.11. The van der Waals surface area contributed by atoms with E-state index in [0.717, 1.165) is 17.4 Å². The quantitative estimate of drug-likeness (QED) is 0.685. The number of hydrogen-bond acceptors (Lipinski definition) is 4. The summed E-state index contributed by atoms with van der Waals surface area (Å²) in [4.78, 5) is 24.9. The monoisotopic (exact) mass is 198 g/mol. The average Bonchev–Trinajstić information content (AvgIpc) is 2.47. The lowest BCUT2D eigenvalue weighted by Crippen LogP contribution is -2.05. The van der Waals surface area contributed by atoms with Crippen molar-refractivity contribution >= 4 is 29.3 Å². The highest BCUT2D eigenvalue weighted by Gasteiger charge is 2.10. The topological polar surface area (TPSA) is 93.3 Å². The Kier molecular flexibility index (Phi) is 2.76. The van der Waals surface area contributed by atoms with Gasteiger partial charge in [0.1, 0.15) is 0 Å². The lowest BCUT2D eigenvalue weighted by atomic mass is 10.3. The molecular weight excluding hydrogens is 192 g/mol. The maximum atomic E-state index is 10.5. The summed E-state index contributed by atoms with van der Waals surface area (Å²) in [5.41, 5.74) is 6.17. The van der Waals surface area contributed by atoms with E-state index in [0.29, 0.717) is 4.88 Å². The Morgan fingerprint density at radius 1 is 1.62 bits per heavy atom. The van der Waals surface area contributed by atoms with Crippen LogP contribution in [-0.4, -0.2) is 22.0 Å². The molecule has 1 rings (SSSR count). The lowest BCUT2D eigenvalue weighted by Gasteiger charge is -1.88. The van der Waals surface area contributed by atoms with Crippen LogP contribution in [0.3, 0.4) is 0 Å². The van der Waals surface area contributed by atoms with Gasteiger partial charge >= 0.3 is 5.97 Å². The number of amides is 1. The van der Waals surface area contributed by atoms with Gasteiger partial charge in [-0.05, 0) is 6.08 Å². The molecule has 5 nitrogen and oxygen atoms in total. The maximum Gasteiger partial charge on any atom is 0.356 e. The van der Waals surface area contributed by atoms with Gasteiger partial charge in [-0.15, -0.1) is 11.3 Å². The minimum absolute atomic E-state index is 0.0671. The van der Waals surface area contributed by atoms with Gasteiger partial charge in [0.05, 0.1) is 10.4 Å². The number of primary amides is 1. The van der Waals surface area contributed by atoms with Crippen LogP contribution in [0.5, 0.6) is 0 Å². The Labute approximate surface area is 77.5 Å². The minimum atomic E-state index is -1.12. The summed E-state index contributed by atoms with van der Waals surface area (Å²) in [6.45, 7) is 0. The number of carbonyl (C=O) groups is 2. The number of nitrogens with zero attached hydrogens (tertiary/aromatic N) is 1. The molecule has 0 saturated carbocycles. The molecule has 1 aromatic rings. The molecule has 0 unspecified atom stereocenters. The standard InChI is InChI=1S/C7H6N2O3S/c8-5(10)2-1-4-6(7(11)12)9-3-13-4/h1-3H,(H2,8,10)(H,11,12). The van der Waals surface area contributed by atoms with Crippen molar-refractivity contribution < 1.29 is 14.7 Å². The van der Waals surface area contributed by atoms with Crippen molar-refractivity contribution in [2.75, 3.05) is 0 Å². The second-order valence-corrected chi connectivity index (χ2v) is 2.99. The number of aromatic nitrogens is 1. The summed E-state index contributed by atoms with van der Waals surface area (Å²) in [5, 5.41) is 8.61. The van der Waals surface area contributed by atoms with E-state index < -0.39 is 11.9 Å². The molecule has 0 aliphatic heterocycles. The van der Waals surface area contributed by atoms with Gasteiger partial charge in [-0.25, -0.2) is 9.78 Å². The van der Waals surface area contributed by atoms with Gasteiger partial charge < -0.3 is 10.8 Å². The Morgan fingerprint density at radius 3 is 2.85 bits per heavy atom. The van der Waals surface area contributed by atoms with E-state index in [2.05, 4.69) is 4.98 Å². The van der Waals surface area contributed by atoms with E-state index >= 15 is 0 Å². The molecule has 1 amide bonds. The lowest BCUT2D eigenvalue weighted by molar-refractivity contribution is -0.113. The number of carboxylic acid groups (broad SMARTS) is 1. The van der Waals surface area contributed by atoms with Gasteiger partial charge in [0.2, 0.25) is 5.91 Å². The molecule has 0 bridgehead atoms. The summed E-state index contributed by atoms with van der Waals surface area (Å²) in [5.74, 6) is -1.74. The Morgan fingerprint density at radius 2 is 2.31 bits per heavy atom. The molecule has 0 aromatic carbocycles. The fourth-order valence-electron chi connectivity index (χ4n) is 0.692. The molecule has 3 N–H and O–H groups in total. The van der Waals surface area contributed by atoms with Crippen molar-refractivity contribution in [1.29, 1.82) is 0 Å². The van der Waals surface area contributed by atoms with Crippen molar-refractivity contribution in [3.05, 3.63) is 22.2 Å². The van der Waals surface area contributed by atoms with Gasteiger partial charge in [0.15, 0.2) is 5.69 Å². The summed E-state index contributed by atoms with van der Waals surface area (Å²) < 4.78 is 0. The molecule has 0 fully saturated rings. The largest absolute Gasteiger partial charge is 0.476 e. The number of nitrogens with two attached hydrogens (primary N) is 1. The predicted octanol–water partition coefficient (Wildman–Crippen LogP) is 0.340. The van der Waals surface area contributed by atoms with E-state index in [1.807, 2.05) is 0 Å². The number of thiazole rings is 1. The molecule has 0 aliphatic rings. The zero-order valence-electron chi connectivity index (χ0n) is 6.43. The van der Waals surface area contributed by atoms with Crippen molar-refractivity contribution in [2.45, 2.75) is 0 Å². The fraction of sp³-hybridized carbons (Fsp3) is 0. The van der Waals surface area contributed by atoms with Gasteiger partial charge in [-0.2, -0.15) is 0 Å². The van der Waals surface area contributed by atoms with E-state index in [4.69, 9.17) is 10.8 Å². The van der Waals surface area contributed by atoms with E-state index in [-0.39, 0.29) is 5.69 Å². The van der Waals surface area contributed by atoms with Crippen molar-refractivity contribution in [3.8, 4) is 0 Å². The van der Waals surface area contributed by atoms with E-state index in [1.54, 1.807) is 0 Å². The molecule has 0 aliphatic carbocycles. The first kappa shape index (κ1) is 9.40. The molecule has 0 spiro atoms. The third kappa shape index (κ3) is 2.38. The first-order valence-corrected chi connectivity index (χ1v) is 4.13. The van der Waals surface area contributed by atoms with Crippen LogP contribution in [0.1, 0.15) is 15.4 Å². The molecule has 1 aromatic heterocycles. The second kappa shape index (κ2) is 3.81. The number of carbonyl (C=O) groups excluding carboxylic acids is 1. The average molecular weight is 198 g/mol. The first-order chi connectivity index (χ1) is 6.11. The fourth-order valence-corrected chi connectivity index (χ4v) is 1.36. The van der Waals surface area contributed by atoms with Crippen LogP contribution in [0.2, 0.25) is 0 Å². The summed E-state index contributed by atoms with van der Waals surface area (Å²) in [7, 11) is 0. The minimum Gasteiger partial charge on any atom is -0.476 e. The molecule has 0 atom stereocenters. The predicted molar refractivity (Wildman–Crippen MR) is 47.3 cm³/mol. The number of carboxylic acids is 1. The normalized spacial score (nSPS) is 10.5. The molecule has 1 heterocycles. The van der Waals surface area contributed by atoms with Crippen molar-refractivity contribution in [3.63, 3.8) is 0 Å². The summed E-state index contributed by atoms with van der Waals surface area (Å²) >= 11 is 1.13.